The molecule has 2 rings (SSSR count). The number of nitriles is 1. The van der Waals surface area contributed by atoms with Crippen molar-refractivity contribution in [3.8, 4) is 17.5 Å². The minimum Gasteiger partial charge on any atom is -0.345 e. The predicted octanol–water partition coefficient (Wildman–Crippen LogP) is 2.46. The fourth-order valence-electron chi connectivity index (χ4n) is 0.990. The molecule has 2 aromatic rings. The van der Waals surface area contributed by atoms with E-state index in [9.17, 15) is 0 Å². The minimum atomic E-state index is 0.441. The quantitative estimate of drug-likeness (QED) is 0.783. The van der Waals surface area contributed by atoms with E-state index in [1.54, 1.807) is 12.4 Å². The van der Waals surface area contributed by atoms with Crippen LogP contribution < -0.4 is 0 Å². The van der Waals surface area contributed by atoms with E-state index >= 15 is 0 Å². The van der Waals surface area contributed by atoms with E-state index in [2.05, 4.69) is 15.3 Å². The fraction of sp³-hybridized carbons (Fsp3) is 0. The molecule has 0 bridgehead atoms. The molecule has 0 unspecified atom stereocenters. The summed E-state index contributed by atoms with van der Waals surface area (Å²) in [5, 5.41) is 12.0. The first-order valence-electron chi connectivity index (χ1n) is 3.42. The van der Waals surface area contributed by atoms with Crippen LogP contribution in [-0.2, 0) is 0 Å². The summed E-state index contributed by atoms with van der Waals surface area (Å²) in [6.07, 6.45) is 3.30. The van der Waals surface area contributed by atoms with Crippen LogP contribution in [0.5, 0.6) is 0 Å². The van der Waals surface area contributed by atoms with Crippen molar-refractivity contribution in [1.29, 1.82) is 5.26 Å². The van der Waals surface area contributed by atoms with E-state index < -0.39 is 0 Å². The molecule has 0 aromatic carbocycles. The zero-order valence-corrected chi connectivity index (χ0v) is 7.91. The van der Waals surface area contributed by atoms with Gasteiger partial charge in [0, 0.05) is 12.4 Å². The minimum absolute atomic E-state index is 0.441. The molecule has 0 aliphatic carbocycles. The molecule has 5 heteroatoms. The summed E-state index contributed by atoms with van der Waals surface area (Å²) in [5.74, 6) is 0.610. The Balaban J connectivity index is 2.64. The van der Waals surface area contributed by atoms with Crippen molar-refractivity contribution >= 4 is 22.9 Å². The molecule has 0 saturated heterocycles. The maximum Gasteiger partial charge on any atom is 0.141 e. The van der Waals surface area contributed by atoms with Gasteiger partial charge in [0.25, 0.3) is 0 Å². The van der Waals surface area contributed by atoms with Crippen molar-refractivity contribution < 1.29 is 0 Å². The normalized spacial score (nSPS) is 9.85. The highest BCUT2D eigenvalue weighted by atomic mass is 35.5. The molecule has 2 aromatic heterocycles. The Bertz CT molecular complexity index is 452. The zero-order valence-electron chi connectivity index (χ0n) is 6.34. The van der Waals surface area contributed by atoms with Gasteiger partial charge in [-0.2, -0.15) is 5.26 Å². The van der Waals surface area contributed by atoms with Gasteiger partial charge in [-0.05, 0) is 0 Å². The smallest absolute Gasteiger partial charge is 0.141 e. The number of H-pyrrole nitrogens is 1. The van der Waals surface area contributed by atoms with Crippen LogP contribution in [-0.4, -0.2) is 9.97 Å². The zero-order chi connectivity index (χ0) is 9.26. The summed E-state index contributed by atoms with van der Waals surface area (Å²) in [4.78, 5) is 7.45. The van der Waals surface area contributed by atoms with Crippen LogP contribution in [0.1, 0.15) is 4.88 Å². The average molecular weight is 209 g/mol. The second-order valence-corrected chi connectivity index (χ2v) is 3.47. The highest BCUT2D eigenvalue weighted by molar-refractivity contribution is 7.11. The Hall–Kier alpha value is -1.31. The molecule has 13 heavy (non-hydrogen) atoms. The average Bonchev–Trinajstić information content (AvgIpc) is 2.72. The van der Waals surface area contributed by atoms with Gasteiger partial charge in [-0.1, -0.05) is 11.6 Å². The number of aromatic nitrogens is 2. The van der Waals surface area contributed by atoms with Crippen molar-refractivity contribution in [3.63, 3.8) is 0 Å². The maximum absolute atomic E-state index is 8.77. The van der Waals surface area contributed by atoms with E-state index in [4.69, 9.17) is 16.9 Å². The van der Waals surface area contributed by atoms with Crippen LogP contribution in [0.15, 0.2) is 12.4 Å². The number of halogens is 1. The molecule has 2 heterocycles. The third kappa shape index (κ3) is 1.32. The SMILES string of the molecule is N#Cc1s[c]c(Cl)c1-c1ncc[nH]1. The van der Waals surface area contributed by atoms with Gasteiger partial charge in [0.2, 0.25) is 0 Å². The van der Waals surface area contributed by atoms with Crippen LogP contribution in [0.25, 0.3) is 11.4 Å². The monoisotopic (exact) mass is 208 g/mol. The van der Waals surface area contributed by atoms with Crippen LogP contribution in [0.4, 0.5) is 0 Å². The molecule has 0 fully saturated rings. The van der Waals surface area contributed by atoms with Crippen LogP contribution >= 0.6 is 22.9 Å². The topological polar surface area (TPSA) is 52.5 Å². The molecular weight excluding hydrogens is 206 g/mol. The second kappa shape index (κ2) is 3.21. The standard InChI is InChI=1S/C8H3ClN3S/c9-5-4-13-6(3-10)7(5)8-11-1-2-12-8/h1-2H,(H,11,12). The first kappa shape index (κ1) is 8.30. The van der Waals surface area contributed by atoms with Crippen molar-refractivity contribution in [2.75, 3.05) is 0 Å². The highest BCUT2D eigenvalue weighted by Gasteiger charge is 2.13. The molecule has 0 atom stereocenters. The van der Waals surface area contributed by atoms with Crippen molar-refractivity contribution in [3.05, 3.63) is 27.7 Å². The lowest BCUT2D eigenvalue weighted by Crippen LogP contribution is -1.80. The van der Waals surface area contributed by atoms with E-state index in [-0.39, 0.29) is 0 Å². The van der Waals surface area contributed by atoms with Gasteiger partial charge in [0.05, 0.1) is 16.0 Å². The van der Waals surface area contributed by atoms with Crippen LogP contribution in [0, 0.1) is 16.7 Å². The first-order chi connectivity index (χ1) is 6.33. The second-order valence-electron chi connectivity index (χ2n) is 2.27. The van der Waals surface area contributed by atoms with E-state index in [1.807, 2.05) is 6.07 Å². The lowest BCUT2D eigenvalue weighted by molar-refractivity contribution is 1.31. The Morgan fingerprint density at radius 3 is 3.15 bits per heavy atom. The summed E-state index contributed by atoms with van der Waals surface area (Å²) in [7, 11) is 0. The molecule has 1 N–H and O–H groups in total. The van der Waals surface area contributed by atoms with Crippen LogP contribution in [0.2, 0.25) is 5.02 Å². The lowest BCUT2D eigenvalue weighted by Gasteiger charge is -1.92. The summed E-state index contributed by atoms with van der Waals surface area (Å²) in [6, 6.07) is 2.05. The van der Waals surface area contributed by atoms with Gasteiger partial charge < -0.3 is 4.98 Å². The molecule has 0 amide bonds. The Morgan fingerprint density at radius 2 is 2.54 bits per heavy atom. The Kier molecular flexibility index (Phi) is 2.05. The summed E-state index contributed by atoms with van der Waals surface area (Å²) in [5.41, 5.74) is 0.638. The van der Waals surface area contributed by atoms with Gasteiger partial charge in [-0.15, -0.1) is 11.3 Å². The number of thiophene rings is 1. The van der Waals surface area contributed by atoms with E-state index in [0.717, 1.165) is 0 Å². The van der Waals surface area contributed by atoms with Crippen LogP contribution in [0.3, 0.4) is 0 Å². The lowest BCUT2D eigenvalue weighted by atomic mass is 10.2. The van der Waals surface area contributed by atoms with Crippen molar-refractivity contribution in [1.82, 2.24) is 9.97 Å². The van der Waals surface area contributed by atoms with Gasteiger partial charge in [-0.25, -0.2) is 4.98 Å². The highest BCUT2D eigenvalue weighted by Crippen LogP contribution is 2.32. The molecule has 0 spiro atoms. The van der Waals surface area contributed by atoms with Gasteiger partial charge >= 0.3 is 0 Å². The Labute approximate surface area is 83.6 Å². The van der Waals surface area contributed by atoms with Gasteiger partial charge in [0.1, 0.15) is 16.8 Å². The number of nitrogens with zero attached hydrogens (tertiary/aromatic N) is 2. The Morgan fingerprint density at radius 1 is 1.69 bits per heavy atom. The number of imidazole rings is 1. The molecule has 63 valence electrons. The molecule has 0 aliphatic heterocycles. The summed E-state index contributed by atoms with van der Waals surface area (Å²) < 4.78 is 0. The largest absolute Gasteiger partial charge is 0.345 e. The molecule has 0 saturated carbocycles. The molecule has 3 nitrogen and oxygen atoms in total. The third-order valence-corrected chi connectivity index (χ3v) is 2.73. The summed E-state index contributed by atoms with van der Waals surface area (Å²) >= 11 is 7.06. The number of hydrogen-bond donors (Lipinski definition) is 1. The molecule has 1 radical (unpaired) electrons. The first-order valence-corrected chi connectivity index (χ1v) is 4.62. The third-order valence-electron chi connectivity index (χ3n) is 1.53. The van der Waals surface area contributed by atoms with Crippen molar-refractivity contribution in [2.45, 2.75) is 0 Å². The van der Waals surface area contributed by atoms with Gasteiger partial charge in [0.15, 0.2) is 0 Å². The molecular formula is C8H3ClN3S. The van der Waals surface area contributed by atoms with Crippen molar-refractivity contribution in [2.24, 2.45) is 0 Å². The summed E-state index contributed by atoms with van der Waals surface area (Å²) in [6.45, 7) is 0. The molecule has 0 aliphatic rings. The maximum atomic E-state index is 8.77. The predicted molar refractivity (Wildman–Crippen MR) is 50.5 cm³/mol. The number of hydrogen-bond acceptors (Lipinski definition) is 3. The van der Waals surface area contributed by atoms with E-state index in [0.29, 0.717) is 21.3 Å². The van der Waals surface area contributed by atoms with E-state index in [1.165, 1.54) is 11.3 Å². The number of rotatable bonds is 1. The fourth-order valence-corrected chi connectivity index (χ4v) is 1.99. The number of aromatic amines is 1. The number of nitrogens with one attached hydrogen (secondary N) is 1. The van der Waals surface area contributed by atoms with Gasteiger partial charge in [-0.3, -0.25) is 0 Å².